The average Bonchev–Trinajstić information content (AvgIpc) is 2.87. The highest BCUT2D eigenvalue weighted by atomic mass is 35.5. The Morgan fingerprint density at radius 2 is 2.09 bits per heavy atom. The predicted molar refractivity (Wildman–Crippen MR) is 73.9 cm³/mol. The van der Waals surface area contributed by atoms with E-state index < -0.39 is 39.6 Å². The van der Waals surface area contributed by atoms with Gasteiger partial charge in [0.2, 0.25) is 0 Å². The van der Waals surface area contributed by atoms with Gasteiger partial charge in [-0.25, -0.2) is 13.6 Å². The molecule has 1 aliphatic rings. The van der Waals surface area contributed by atoms with Gasteiger partial charge < -0.3 is 14.7 Å². The summed E-state index contributed by atoms with van der Waals surface area (Å²) >= 11 is 5.45. The first kappa shape index (κ1) is 16.6. The number of methoxy groups -OCH3 is 1. The third-order valence-electron chi connectivity index (χ3n) is 3.76. The molecule has 1 atom stereocenters. The Bertz CT molecular complexity index is 625. The first-order chi connectivity index (χ1) is 10.3. The maximum atomic E-state index is 13.9. The van der Waals surface area contributed by atoms with Crippen molar-refractivity contribution in [2.24, 2.45) is 0 Å². The van der Waals surface area contributed by atoms with Crippen LogP contribution in [0, 0.1) is 11.6 Å². The third-order valence-corrected chi connectivity index (χ3v) is 4.05. The molecule has 1 aromatic carbocycles. The molecule has 1 heterocycles. The largest absolute Gasteiger partial charge is 0.479 e. The van der Waals surface area contributed by atoms with E-state index in [9.17, 15) is 23.5 Å². The molecule has 8 heteroatoms. The number of hydrogen-bond donors (Lipinski definition) is 1. The van der Waals surface area contributed by atoms with Gasteiger partial charge in [-0.2, -0.15) is 0 Å². The summed E-state index contributed by atoms with van der Waals surface area (Å²) in [5.41, 5.74) is -2.13. The van der Waals surface area contributed by atoms with E-state index in [0.29, 0.717) is 18.6 Å². The maximum absolute atomic E-state index is 13.9. The summed E-state index contributed by atoms with van der Waals surface area (Å²) in [4.78, 5) is 25.1. The minimum absolute atomic E-state index is 0.123. The molecule has 1 aromatic rings. The lowest BCUT2D eigenvalue weighted by Crippen LogP contribution is -2.56. The molecule has 22 heavy (non-hydrogen) atoms. The van der Waals surface area contributed by atoms with Crippen molar-refractivity contribution in [2.45, 2.75) is 18.4 Å². The minimum Gasteiger partial charge on any atom is -0.479 e. The van der Waals surface area contributed by atoms with Gasteiger partial charge in [-0.3, -0.25) is 4.79 Å². The van der Waals surface area contributed by atoms with Crippen molar-refractivity contribution in [3.8, 4) is 0 Å². The molecule has 1 saturated heterocycles. The Morgan fingerprint density at radius 1 is 1.41 bits per heavy atom. The van der Waals surface area contributed by atoms with E-state index in [1.54, 1.807) is 0 Å². The van der Waals surface area contributed by atoms with E-state index in [0.717, 1.165) is 4.90 Å². The number of likely N-dealkylation sites (tertiary alicyclic amines) is 1. The molecular weight excluding hydrogens is 320 g/mol. The van der Waals surface area contributed by atoms with Crippen molar-refractivity contribution in [1.29, 1.82) is 0 Å². The monoisotopic (exact) mass is 333 g/mol. The molecule has 0 aliphatic carbocycles. The zero-order chi connectivity index (χ0) is 16.5. The molecule has 120 valence electrons. The summed E-state index contributed by atoms with van der Waals surface area (Å²) in [7, 11) is 1.31. The van der Waals surface area contributed by atoms with Crippen LogP contribution in [0.5, 0.6) is 0 Å². The van der Waals surface area contributed by atoms with Crippen LogP contribution in [0.1, 0.15) is 23.2 Å². The molecule has 1 amide bonds. The molecule has 2 rings (SSSR count). The number of rotatable bonds is 4. The van der Waals surface area contributed by atoms with Crippen LogP contribution in [0.15, 0.2) is 12.1 Å². The maximum Gasteiger partial charge on any atom is 0.332 e. The fourth-order valence-corrected chi connectivity index (χ4v) is 2.83. The number of aliphatic carboxylic acids is 1. The topological polar surface area (TPSA) is 66.8 Å². The predicted octanol–water partition coefficient (Wildman–Crippen LogP) is 2.32. The van der Waals surface area contributed by atoms with Gasteiger partial charge in [-0.15, -0.1) is 0 Å². The van der Waals surface area contributed by atoms with Crippen LogP contribution in [0.2, 0.25) is 5.02 Å². The van der Waals surface area contributed by atoms with E-state index in [2.05, 4.69) is 0 Å². The normalized spacial score (nSPS) is 21.2. The van der Waals surface area contributed by atoms with Crippen molar-refractivity contribution in [3.05, 3.63) is 34.4 Å². The van der Waals surface area contributed by atoms with Crippen molar-refractivity contribution in [2.75, 3.05) is 20.3 Å². The quantitative estimate of drug-likeness (QED) is 0.859. The Labute approximate surface area is 130 Å². The molecule has 0 bridgehead atoms. The smallest absolute Gasteiger partial charge is 0.332 e. The van der Waals surface area contributed by atoms with Crippen LogP contribution in [-0.4, -0.2) is 47.7 Å². The zero-order valence-corrected chi connectivity index (χ0v) is 12.5. The summed E-state index contributed by atoms with van der Waals surface area (Å²) < 4.78 is 32.3. The minimum atomic E-state index is -1.58. The molecule has 0 spiro atoms. The molecular formula is C14H14ClF2NO4. The number of carbonyl (C=O) groups is 2. The van der Waals surface area contributed by atoms with E-state index in [-0.39, 0.29) is 19.6 Å². The average molecular weight is 334 g/mol. The van der Waals surface area contributed by atoms with E-state index >= 15 is 0 Å². The second kappa shape index (κ2) is 6.18. The van der Waals surface area contributed by atoms with Crippen LogP contribution >= 0.6 is 11.6 Å². The van der Waals surface area contributed by atoms with Gasteiger partial charge in [-0.05, 0) is 25.0 Å². The first-order valence-electron chi connectivity index (χ1n) is 6.52. The molecule has 1 aliphatic heterocycles. The highest BCUT2D eigenvalue weighted by Crippen LogP contribution is 2.32. The van der Waals surface area contributed by atoms with Crippen molar-refractivity contribution in [1.82, 2.24) is 4.90 Å². The zero-order valence-electron chi connectivity index (χ0n) is 11.7. The van der Waals surface area contributed by atoms with Gasteiger partial charge in [0.1, 0.15) is 11.6 Å². The molecule has 5 nitrogen and oxygen atoms in total. The van der Waals surface area contributed by atoms with Crippen molar-refractivity contribution < 1.29 is 28.2 Å². The van der Waals surface area contributed by atoms with Gasteiger partial charge in [0, 0.05) is 13.7 Å². The Kier molecular flexibility index (Phi) is 4.67. The molecule has 1 unspecified atom stereocenters. The summed E-state index contributed by atoms with van der Waals surface area (Å²) in [5, 5.41) is 9.02. The number of hydrogen-bond acceptors (Lipinski definition) is 3. The number of carboxylic acids is 1. The lowest BCUT2D eigenvalue weighted by atomic mass is 9.96. The standard InChI is InChI=1S/C14H14ClF2NO4/c1-22-7-14(13(20)21)3-2-4-18(14)12(19)8-5-11(17)9(15)6-10(8)16/h5-6H,2-4,7H2,1H3,(H,20,21). The number of benzene rings is 1. The first-order valence-corrected chi connectivity index (χ1v) is 6.90. The van der Waals surface area contributed by atoms with Gasteiger partial charge in [-0.1, -0.05) is 11.6 Å². The number of ether oxygens (including phenoxy) is 1. The van der Waals surface area contributed by atoms with E-state index in [1.807, 2.05) is 0 Å². The number of carboxylic acid groups (broad SMARTS) is 1. The number of halogens is 3. The molecule has 0 radical (unpaired) electrons. The fraction of sp³-hybridized carbons (Fsp3) is 0.429. The lowest BCUT2D eigenvalue weighted by Gasteiger charge is -2.34. The third kappa shape index (κ3) is 2.66. The molecule has 0 saturated carbocycles. The summed E-state index contributed by atoms with van der Waals surface area (Å²) in [6.45, 7) is -0.107. The molecule has 1 fully saturated rings. The highest BCUT2D eigenvalue weighted by Gasteiger charge is 2.50. The van der Waals surface area contributed by atoms with Crippen LogP contribution in [0.3, 0.4) is 0 Å². The Morgan fingerprint density at radius 3 is 2.68 bits per heavy atom. The summed E-state index contributed by atoms with van der Waals surface area (Å²) in [6, 6.07) is 1.37. The van der Waals surface area contributed by atoms with Gasteiger partial charge in [0.25, 0.3) is 5.91 Å². The van der Waals surface area contributed by atoms with Crippen LogP contribution in [-0.2, 0) is 9.53 Å². The summed E-state index contributed by atoms with van der Waals surface area (Å²) in [5.74, 6) is -4.08. The second-order valence-electron chi connectivity index (χ2n) is 5.08. The van der Waals surface area contributed by atoms with E-state index in [4.69, 9.17) is 16.3 Å². The fourth-order valence-electron chi connectivity index (χ4n) is 2.68. The lowest BCUT2D eigenvalue weighted by molar-refractivity contribution is -0.151. The Hall–Kier alpha value is -1.73. The van der Waals surface area contributed by atoms with Crippen molar-refractivity contribution in [3.63, 3.8) is 0 Å². The van der Waals surface area contributed by atoms with Gasteiger partial charge in [0.05, 0.1) is 17.2 Å². The van der Waals surface area contributed by atoms with Crippen molar-refractivity contribution >= 4 is 23.5 Å². The SMILES string of the molecule is COCC1(C(=O)O)CCCN1C(=O)c1cc(F)c(Cl)cc1F. The summed E-state index contributed by atoms with van der Waals surface area (Å²) in [6.07, 6.45) is 0.610. The highest BCUT2D eigenvalue weighted by molar-refractivity contribution is 6.30. The number of amides is 1. The second-order valence-corrected chi connectivity index (χ2v) is 5.48. The molecule has 0 aromatic heterocycles. The van der Waals surface area contributed by atoms with E-state index in [1.165, 1.54) is 7.11 Å². The van der Waals surface area contributed by atoms with Gasteiger partial charge in [0.15, 0.2) is 5.54 Å². The van der Waals surface area contributed by atoms with Crippen LogP contribution in [0.4, 0.5) is 8.78 Å². The van der Waals surface area contributed by atoms with Crippen LogP contribution in [0.25, 0.3) is 0 Å². The Balaban J connectivity index is 2.44. The molecule has 1 N–H and O–H groups in total. The number of nitrogens with zero attached hydrogens (tertiary/aromatic N) is 1. The van der Waals surface area contributed by atoms with Crippen LogP contribution < -0.4 is 0 Å². The number of carbonyl (C=O) groups excluding carboxylic acids is 1. The van der Waals surface area contributed by atoms with Gasteiger partial charge >= 0.3 is 5.97 Å².